The van der Waals surface area contributed by atoms with E-state index in [1.165, 1.54) is 24.3 Å². The van der Waals surface area contributed by atoms with Gasteiger partial charge in [-0.2, -0.15) is 8.42 Å². The highest BCUT2D eigenvalue weighted by Crippen LogP contribution is 2.35. The largest absolute Gasteiger partial charge is 0.372 e. The Bertz CT molecular complexity index is 888. The Hall–Kier alpha value is -1.93. The number of rotatable bonds is 4. The third-order valence-corrected chi connectivity index (χ3v) is 5.57. The molecule has 0 N–H and O–H groups in total. The second-order valence-corrected chi connectivity index (χ2v) is 8.53. The zero-order valence-electron chi connectivity index (χ0n) is 13.3. The zero-order chi connectivity index (χ0) is 18.1. The molecular weight excluding hydrogens is 398 g/mol. The van der Waals surface area contributed by atoms with Gasteiger partial charge in [-0.1, -0.05) is 39.0 Å². The first-order valence-electron chi connectivity index (χ1n) is 7.00. The smallest absolute Gasteiger partial charge is 0.340 e. The second-order valence-electron chi connectivity index (χ2n) is 6.16. The minimum atomic E-state index is -4.20. The molecular formula is C16H16BrNO5S. The molecule has 2 rings (SSSR count). The van der Waals surface area contributed by atoms with E-state index in [4.69, 9.17) is 4.18 Å². The van der Waals surface area contributed by atoms with Crippen LogP contribution in [-0.4, -0.2) is 13.3 Å². The Morgan fingerprint density at radius 3 is 2.29 bits per heavy atom. The Kier molecular flexibility index (Phi) is 5.00. The number of hydrogen-bond acceptors (Lipinski definition) is 5. The van der Waals surface area contributed by atoms with Crippen molar-refractivity contribution >= 4 is 31.7 Å². The molecule has 0 aliphatic carbocycles. The summed E-state index contributed by atoms with van der Waals surface area (Å²) in [5.74, 6) is -0.316. The lowest BCUT2D eigenvalue weighted by molar-refractivity contribution is -0.385. The molecule has 2 aromatic rings. The van der Waals surface area contributed by atoms with Gasteiger partial charge in [0.05, 0.1) is 4.92 Å². The minimum Gasteiger partial charge on any atom is -0.372 e. The summed E-state index contributed by atoms with van der Waals surface area (Å²) in [6, 6.07) is 10.4. The predicted octanol–water partition coefficient (Wildman–Crippen LogP) is 4.42. The first kappa shape index (κ1) is 18.4. The molecule has 0 fully saturated rings. The molecule has 0 amide bonds. The van der Waals surface area contributed by atoms with Crippen LogP contribution in [0.5, 0.6) is 5.75 Å². The SMILES string of the molecule is CC(C)(C)c1ccc(OS(=O)(=O)c2ccccc2Br)c([N+](=O)[O-])c1. The Balaban J connectivity index is 2.50. The molecule has 0 atom stereocenters. The van der Waals surface area contributed by atoms with E-state index in [2.05, 4.69) is 15.9 Å². The van der Waals surface area contributed by atoms with Gasteiger partial charge in [-0.25, -0.2) is 0 Å². The van der Waals surface area contributed by atoms with E-state index in [9.17, 15) is 18.5 Å². The number of nitro benzene ring substituents is 1. The van der Waals surface area contributed by atoms with Gasteiger partial charge >= 0.3 is 15.8 Å². The van der Waals surface area contributed by atoms with E-state index in [0.717, 1.165) is 0 Å². The van der Waals surface area contributed by atoms with E-state index in [-0.39, 0.29) is 16.1 Å². The molecule has 0 saturated heterocycles. The summed E-state index contributed by atoms with van der Waals surface area (Å²) < 4.78 is 30.2. The first-order valence-corrected chi connectivity index (χ1v) is 9.20. The number of hydrogen-bond donors (Lipinski definition) is 0. The highest BCUT2D eigenvalue weighted by atomic mass is 79.9. The normalized spacial score (nSPS) is 12.0. The molecule has 0 bridgehead atoms. The number of halogens is 1. The third-order valence-electron chi connectivity index (χ3n) is 3.33. The van der Waals surface area contributed by atoms with Gasteiger partial charge in [-0.15, -0.1) is 0 Å². The molecule has 6 nitrogen and oxygen atoms in total. The fourth-order valence-corrected chi connectivity index (χ4v) is 3.91. The Morgan fingerprint density at radius 2 is 1.75 bits per heavy atom. The van der Waals surface area contributed by atoms with Crippen LogP contribution in [0, 0.1) is 10.1 Å². The summed E-state index contributed by atoms with van der Waals surface area (Å²) in [4.78, 5) is 10.6. The van der Waals surface area contributed by atoms with E-state index < -0.39 is 20.7 Å². The molecule has 0 aliphatic heterocycles. The monoisotopic (exact) mass is 413 g/mol. The fourth-order valence-electron chi connectivity index (χ4n) is 2.01. The van der Waals surface area contributed by atoms with Crippen LogP contribution in [0.4, 0.5) is 5.69 Å². The van der Waals surface area contributed by atoms with Gasteiger partial charge in [0.25, 0.3) is 0 Å². The topological polar surface area (TPSA) is 86.5 Å². The quantitative estimate of drug-likeness (QED) is 0.420. The molecule has 0 saturated carbocycles. The predicted molar refractivity (Wildman–Crippen MR) is 93.8 cm³/mol. The molecule has 0 heterocycles. The van der Waals surface area contributed by atoms with Gasteiger partial charge in [0, 0.05) is 10.5 Å². The maximum absolute atomic E-state index is 12.4. The van der Waals surface area contributed by atoms with Crippen LogP contribution < -0.4 is 4.18 Å². The third kappa shape index (κ3) is 3.93. The molecule has 2 aromatic carbocycles. The van der Waals surface area contributed by atoms with Gasteiger partial charge in [0.1, 0.15) is 4.90 Å². The summed E-state index contributed by atoms with van der Waals surface area (Å²) in [7, 11) is -4.20. The van der Waals surface area contributed by atoms with E-state index >= 15 is 0 Å². The van der Waals surface area contributed by atoms with Crippen LogP contribution in [-0.2, 0) is 15.5 Å². The molecule has 0 aromatic heterocycles. The Morgan fingerprint density at radius 1 is 1.12 bits per heavy atom. The zero-order valence-corrected chi connectivity index (χ0v) is 15.7. The fraction of sp³-hybridized carbons (Fsp3) is 0.250. The number of benzene rings is 2. The molecule has 0 spiro atoms. The van der Waals surface area contributed by atoms with Crippen LogP contribution in [0.3, 0.4) is 0 Å². The lowest BCUT2D eigenvalue weighted by Crippen LogP contribution is -2.14. The van der Waals surface area contributed by atoms with E-state index in [1.807, 2.05) is 20.8 Å². The standard InChI is InChI=1S/C16H16BrNO5S/c1-16(2,3)11-8-9-14(13(10-11)18(19)20)23-24(21,22)15-7-5-4-6-12(15)17/h4-10H,1-3H3. The van der Waals surface area contributed by atoms with Gasteiger partial charge in [0.15, 0.2) is 0 Å². The van der Waals surface area contributed by atoms with Crippen molar-refractivity contribution in [2.75, 3.05) is 0 Å². The van der Waals surface area contributed by atoms with Crippen LogP contribution >= 0.6 is 15.9 Å². The molecule has 0 unspecified atom stereocenters. The maximum Gasteiger partial charge on any atom is 0.340 e. The van der Waals surface area contributed by atoms with Crippen LogP contribution in [0.2, 0.25) is 0 Å². The molecule has 8 heteroatoms. The lowest BCUT2D eigenvalue weighted by atomic mass is 9.87. The van der Waals surface area contributed by atoms with Crippen molar-refractivity contribution in [3.05, 3.63) is 62.6 Å². The van der Waals surface area contributed by atoms with Crippen molar-refractivity contribution in [1.29, 1.82) is 0 Å². The number of nitro groups is 1. The molecule has 128 valence electrons. The van der Waals surface area contributed by atoms with Crippen molar-refractivity contribution in [1.82, 2.24) is 0 Å². The average Bonchev–Trinajstić information content (AvgIpc) is 2.46. The van der Waals surface area contributed by atoms with Crippen molar-refractivity contribution in [2.24, 2.45) is 0 Å². The molecule has 0 radical (unpaired) electrons. The highest BCUT2D eigenvalue weighted by Gasteiger charge is 2.27. The summed E-state index contributed by atoms with van der Waals surface area (Å²) in [6.07, 6.45) is 0. The number of nitrogens with zero attached hydrogens (tertiary/aromatic N) is 1. The molecule has 0 aliphatic rings. The second kappa shape index (κ2) is 6.52. The van der Waals surface area contributed by atoms with Gasteiger partial charge in [-0.05, 0) is 45.1 Å². The summed E-state index contributed by atoms with van der Waals surface area (Å²) in [5.41, 5.74) is 0.00264. The average molecular weight is 414 g/mol. The first-order chi connectivity index (χ1) is 11.0. The summed E-state index contributed by atoms with van der Waals surface area (Å²) in [6.45, 7) is 5.72. The van der Waals surface area contributed by atoms with Crippen LogP contribution in [0.1, 0.15) is 26.3 Å². The summed E-state index contributed by atoms with van der Waals surface area (Å²) >= 11 is 3.14. The lowest BCUT2D eigenvalue weighted by Gasteiger charge is -2.19. The van der Waals surface area contributed by atoms with Gasteiger partial charge in [-0.3, -0.25) is 10.1 Å². The van der Waals surface area contributed by atoms with Crippen molar-refractivity contribution < 1.29 is 17.5 Å². The van der Waals surface area contributed by atoms with E-state index in [1.54, 1.807) is 18.2 Å². The maximum atomic E-state index is 12.4. The van der Waals surface area contributed by atoms with Gasteiger partial charge in [0.2, 0.25) is 5.75 Å². The van der Waals surface area contributed by atoms with Gasteiger partial charge < -0.3 is 4.18 Å². The molecule has 24 heavy (non-hydrogen) atoms. The van der Waals surface area contributed by atoms with Crippen LogP contribution in [0.25, 0.3) is 0 Å². The summed E-state index contributed by atoms with van der Waals surface area (Å²) in [5, 5.41) is 11.3. The van der Waals surface area contributed by atoms with E-state index in [0.29, 0.717) is 10.0 Å². The minimum absolute atomic E-state index is 0.0980. The van der Waals surface area contributed by atoms with Crippen molar-refractivity contribution in [2.45, 2.75) is 31.1 Å². The van der Waals surface area contributed by atoms with Crippen molar-refractivity contribution in [3.8, 4) is 5.75 Å². The van der Waals surface area contributed by atoms with Crippen molar-refractivity contribution in [3.63, 3.8) is 0 Å². The van der Waals surface area contributed by atoms with Crippen LogP contribution in [0.15, 0.2) is 51.8 Å². The Labute approximate surface area is 148 Å². The highest BCUT2D eigenvalue weighted by molar-refractivity contribution is 9.10.